The van der Waals surface area contributed by atoms with Crippen molar-refractivity contribution in [3.8, 4) is 0 Å². The Kier molecular flexibility index (Phi) is 4.92. The fourth-order valence-electron chi connectivity index (χ4n) is 2.39. The number of carbonyl (C=O) groups excluding carboxylic acids is 1. The maximum atomic E-state index is 11.6. The van der Waals surface area contributed by atoms with Gasteiger partial charge in [0, 0.05) is 12.1 Å². The van der Waals surface area contributed by atoms with Crippen molar-refractivity contribution < 1.29 is 19.9 Å². The van der Waals surface area contributed by atoms with Gasteiger partial charge in [-0.2, -0.15) is 0 Å². The van der Waals surface area contributed by atoms with Gasteiger partial charge in [0.1, 0.15) is 5.01 Å². The Labute approximate surface area is 147 Å². The number of hydrogen-bond donors (Lipinski definition) is 3. The molecule has 0 bridgehead atoms. The van der Waals surface area contributed by atoms with Crippen LogP contribution in [0.3, 0.4) is 0 Å². The Morgan fingerprint density at radius 1 is 1.08 bits per heavy atom. The van der Waals surface area contributed by atoms with Gasteiger partial charge in [0.05, 0.1) is 16.8 Å². The van der Waals surface area contributed by atoms with Gasteiger partial charge in [-0.25, -0.2) is 15.3 Å². The van der Waals surface area contributed by atoms with E-state index in [1.807, 2.05) is 24.3 Å². The van der Waals surface area contributed by atoms with Crippen LogP contribution in [0.25, 0.3) is 10.2 Å². The number of thiazole rings is 1. The summed E-state index contributed by atoms with van der Waals surface area (Å²) in [4.78, 5) is 28.6. The smallest absolute Gasteiger partial charge is 0.407 e. The van der Waals surface area contributed by atoms with Gasteiger partial charge in [-0.15, -0.1) is 11.3 Å². The number of nitrogens with zero attached hydrogens (tertiary/aromatic N) is 2. The molecule has 128 valence electrons. The first-order chi connectivity index (χ1) is 12.1. The van der Waals surface area contributed by atoms with Gasteiger partial charge < -0.3 is 5.11 Å². The van der Waals surface area contributed by atoms with Crippen LogP contribution in [0.1, 0.15) is 20.9 Å². The molecule has 0 spiro atoms. The molecule has 25 heavy (non-hydrogen) atoms. The second-order valence-corrected chi connectivity index (χ2v) is 6.47. The molecule has 1 heterocycles. The molecule has 2 amide bonds. The summed E-state index contributed by atoms with van der Waals surface area (Å²) >= 11 is 1.47. The fourth-order valence-corrected chi connectivity index (χ4v) is 3.37. The molecule has 3 rings (SSSR count). The molecule has 7 nitrogen and oxygen atoms in total. The standard InChI is InChI=1S/C17H15N3O4S/c21-16(19-24)12-7-5-11(6-8-12)9-20(17(22)23)10-15-18-13-3-1-2-4-14(13)25-15/h1-8,24H,9-10H2,(H,19,21)(H,22,23). The first kappa shape index (κ1) is 16.9. The molecule has 0 saturated heterocycles. The van der Waals surface area contributed by atoms with Gasteiger partial charge in [0.2, 0.25) is 0 Å². The highest BCUT2D eigenvalue weighted by Crippen LogP contribution is 2.23. The molecular formula is C17H15N3O4S. The molecule has 0 radical (unpaired) electrons. The summed E-state index contributed by atoms with van der Waals surface area (Å²) in [5.41, 5.74) is 3.43. The predicted octanol–water partition coefficient (Wildman–Crippen LogP) is 3.10. The van der Waals surface area contributed by atoms with Crippen LogP contribution >= 0.6 is 11.3 Å². The van der Waals surface area contributed by atoms with E-state index < -0.39 is 12.0 Å². The van der Waals surface area contributed by atoms with E-state index in [4.69, 9.17) is 5.21 Å². The number of carboxylic acid groups (broad SMARTS) is 1. The number of rotatable bonds is 5. The minimum Gasteiger partial charge on any atom is -0.465 e. The largest absolute Gasteiger partial charge is 0.465 e. The zero-order valence-electron chi connectivity index (χ0n) is 13.0. The van der Waals surface area contributed by atoms with E-state index in [0.717, 1.165) is 20.8 Å². The summed E-state index contributed by atoms with van der Waals surface area (Å²) in [6.45, 7) is 0.361. The number of hydrogen-bond acceptors (Lipinski definition) is 5. The Morgan fingerprint density at radius 2 is 1.80 bits per heavy atom. The van der Waals surface area contributed by atoms with Crippen LogP contribution in [0.5, 0.6) is 0 Å². The third-order valence-corrected chi connectivity index (χ3v) is 4.65. The van der Waals surface area contributed by atoms with Crippen molar-refractivity contribution in [3.63, 3.8) is 0 Å². The zero-order chi connectivity index (χ0) is 17.8. The number of nitrogens with one attached hydrogen (secondary N) is 1. The van der Waals surface area contributed by atoms with Crippen LogP contribution < -0.4 is 5.48 Å². The summed E-state index contributed by atoms with van der Waals surface area (Å²) in [6, 6.07) is 14.0. The van der Waals surface area contributed by atoms with Gasteiger partial charge in [-0.1, -0.05) is 24.3 Å². The lowest BCUT2D eigenvalue weighted by molar-refractivity contribution is 0.0706. The maximum absolute atomic E-state index is 11.6. The number of amides is 2. The van der Waals surface area contributed by atoms with Crippen molar-refractivity contribution in [2.75, 3.05) is 0 Å². The van der Waals surface area contributed by atoms with E-state index in [0.29, 0.717) is 5.56 Å². The Balaban J connectivity index is 1.75. The Bertz CT molecular complexity index is 875. The lowest BCUT2D eigenvalue weighted by atomic mass is 10.1. The fraction of sp³-hybridized carbons (Fsp3) is 0.118. The number of fused-ring (bicyclic) bond motifs is 1. The second kappa shape index (κ2) is 7.29. The molecule has 3 N–H and O–H groups in total. The molecule has 0 aliphatic heterocycles. The minimum atomic E-state index is -1.04. The van der Waals surface area contributed by atoms with Crippen molar-refractivity contribution in [2.24, 2.45) is 0 Å². The zero-order valence-corrected chi connectivity index (χ0v) is 13.9. The van der Waals surface area contributed by atoms with E-state index >= 15 is 0 Å². The van der Waals surface area contributed by atoms with Crippen LogP contribution in [0, 0.1) is 0 Å². The highest BCUT2D eigenvalue weighted by Gasteiger charge is 2.16. The van der Waals surface area contributed by atoms with E-state index in [2.05, 4.69) is 4.98 Å². The van der Waals surface area contributed by atoms with Gasteiger partial charge in [0.15, 0.2) is 0 Å². The van der Waals surface area contributed by atoms with Crippen molar-refractivity contribution >= 4 is 33.6 Å². The summed E-state index contributed by atoms with van der Waals surface area (Å²) in [7, 11) is 0. The lowest BCUT2D eigenvalue weighted by Crippen LogP contribution is -2.28. The van der Waals surface area contributed by atoms with E-state index in [1.165, 1.54) is 28.4 Å². The molecular weight excluding hydrogens is 342 g/mol. The number of benzene rings is 2. The molecule has 8 heteroatoms. The second-order valence-electron chi connectivity index (χ2n) is 5.35. The Morgan fingerprint density at radius 3 is 2.44 bits per heavy atom. The topological polar surface area (TPSA) is 103 Å². The van der Waals surface area contributed by atoms with Crippen LogP contribution in [0.2, 0.25) is 0 Å². The lowest BCUT2D eigenvalue weighted by Gasteiger charge is -2.18. The van der Waals surface area contributed by atoms with Crippen LogP contribution in [0.15, 0.2) is 48.5 Å². The molecule has 0 unspecified atom stereocenters. The average molecular weight is 357 g/mol. The van der Waals surface area contributed by atoms with Crippen molar-refractivity contribution in [1.29, 1.82) is 0 Å². The van der Waals surface area contributed by atoms with Crippen LogP contribution in [-0.4, -0.2) is 32.2 Å². The van der Waals surface area contributed by atoms with E-state index in [9.17, 15) is 14.7 Å². The highest BCUT2D eigenvalue weighted by molar-refractivity contribution is 7.18. The highest BCUT2D eigenvalue weighted by atomic mass is 32.1. The van der Waals surface area contributed by atoms with Crippen molar-refractivity contribution in [3.05, 3.63) is 64.7 Å². The molecule has 0 atom stereocenters. The summed E-state index contributed by atoms with van der Waals surface area (Å²) < 4.78 is 1.02. The van der Waals surface area contributed by atoms with Crippen molar-refractivity contribution in [1.82, 2.24) is 15.4 Å². The molecule has 0 fully saturated rings. The predicted molar refractivity (Wildman–Crippen MR) is 92.6 cm³/mol. The monoisotopic (exact) mass is 357 g/mol. The first-order valence-corrected chi connectivity index (χ1v) is 8.24. The van der Waals surface area contributed by atoms with Crippen LogP contribution in [0.4, 0.5) is 4.79 Å². The van der Waals surface area contributed by atoms with E-state index in [-0.39, 0.29) is 13.1 Å². The molecule has 3 aromatic rings. The van der Waals surface area contributed by atoms with Gasteiger partial charge >= 0.3 is 6.09 Å². The third-order valence-electron chi connectivity index (χ3n) is 3.63. The number of aromatic nitrogens is 1. The third kappa shape index (κ3) is 3.93. The summed E-state index contributed by atoms with van der Waals surface area (Å²) in [5.74, 6) is -0.615. The average Bonchev–Trinajstić information content (AvgIpc) is 3.03. The Hall–Kier alpha value is -2.97. The number of hydroxylamine groups is 1. The summed E-state index contributed by atoms with van der Waals surface area (Å²) in [5, 5.41) is 18.8. The number of para-hydroxylation sites is 1. The van der Waals surface area contributed by atoms with Gasteiger partial charge in [-0.05, 0) is 29.8 Å². The minimum absolute atomic E-state index is 0.173. The quantitative estimate of drug-likeness (QED) is 0.481. The molecule has 0 saturated carbocycles. The van der Waals surface area contributed by atoms with E-state index in [1.54, 1.807) is 17.6 Å². The normalized spacial score (nSPS) is 10.6. The molecule has 0 aliphatic carbocycles. The van der Waals surface area contributed by atoms with Gasteiger partial charge in [-0.3, -0.25) is 14.9 Å². The molecule has 0 aliphatic rings. The summed E-state index contributed by atoms with van der Waals surface area (Å²) in [6.07, 6.45) is -1.04. The van der Waals surface area contributed by atoms with Gasteiger partial charge in [0.25, 0.3) is 5.91 Å². The van der Waals surface area contributed by atoms with Crippen molar-refractivity contribution in [2.45, 2.75) is 13.1 Å². The SMILES string of the molecule is O=C(NO)c1ccc(CN(Cc2nc3ccccc3s2)C(=O)O)cc1. The maximum Gasteiger partial charge on any atom is 0.407 e. The number of carbonyl (C=O) groups is 2. The molecule has 1 aromatic heterocycles. The molecule has 2 aromatic carbocycles. The first-order valence-electron chi connectivity index (χ1n) is 7.42. The van der Waals surface area contributed by atoms with Crippen LogP contribution in [-0.2, 0) is 13.1 Å².